The molecule has 2 aromatic carbocycles. The van der Waals surface area contributed by atoms with Gasteiger partial charge in [-0.1, -0.05) is 55.7 Å². The first-order chi connectivity index (χ1) is 17.0. The topological polar surface area (TPSA) is 92.8 Å². The number of benzene rings is 2. The van der Waals surface area contributed by atoms with Gasteiger partial charge >= 0.3 is 5.97 Å². The highest BCUT2D eigenvalue weighted by Crippen LogP contribution is 2.33. The van der Waals surface area contributed by atoms with Gasteiger partial charge in [0.15, 0.2) is 5.89 Å². The molecule has 0 amide bonds. The van der Waals surface area contributed by atoms with Gasteiger partial charge < -0.3 is 19.4 Å². The molecule has 1 heterocycles. The van der Waals surface area contributed by atoms with E-state index in [9.17, 15) is 9.90 Å². The second-order valence-electron chi connectivity index (χ2n) is 9.45. The van der Waals surface area contributed by atoms with Gasteiger partial charge in [0.2, 0.25) is 0 Å². The fourth-order valence-corrected chi connectivity index (χ4v) is 4.86. The summed E-state index contributed by atoms with van der Waals surface area (Å²) in [7, 11) is 0. The van der Waals surface area contributed by atoms with Crippen molar-refractivity contribution in [2.75, 3.05) is 6.61 Å². The molecule has 2 N–H and O–H groups in total. The number of aliphatic carboxylic acids is 1. The van der Waals surface area contributed by atoms with Crippen molar-refractivity contribution < 1.29 is 24.2 Å². The second-order valence-corrected chi connectivity index (χ2v) is 9.45. The molecule has 0 spiro atoms. The Balaban J connectivity index is 1.42. The van der Waals surface area contributed by atoms with Crippen LogP contribution in [0.4, 0.5) is 0 Å². The van der Waals surface area contributed by atoms with Crippen LogP contribution in [-0.4, -0.2) is 27.8 Å². The monoisotopic (exact) mass is 477 g/mol. The van der Waals surface area contributed by atoms with Gasteiger partial charge in [-0.05, 0) is 55.0 Å². The van der Waals surface area contributed by atoms with Gasteiger partial charge in [-0.15, -0.1) is 0 Å². The van der Waals surface area contributed by atoms with E-state index in [1.165, 1.54) is 19.3 Å². The molecular weight excluding hydrogens is 442 g/mol. The lowest BCUT2D eigenvalue weighted by molar-refractivity contribution is -0.136. The Morgan fingerprint density at radius 1 is 1.11 bits per heavy atom. The maximum Gasteiger partial charge on any atom is 0.303 e. The predicted molar refractivity (Wildman–Crippen MR) is 134 cm³/mol. The van der Waals surface area contributed by atoms with Gasteiger partial charge in [-0.2, -0.15) is 0 Å². The average molecular weight is 478 g/mol. The van der Waals surface area contributed by atoms with E-state index in [2.05, 4.69) is 0 Å². The third-order valence-electron chi connectivity index (χ3n) is 6.83. The van der Waals surface area contributed by atoms with Gasteiger partial charge in [0.25, 0.3) is 0 Å². The number of carboxylic acid groups (broad SMARTS) is 1. The molecule has 6 nitrogen and oxygen atoms in total. The van der Waals surface area contributed by atoms with Crippen LogP contribution in [0.2, 0.25) is 0 Å². The SMILES string of the molecule is Cc1oc(C2CCCCC2)nc1CCOc1ccc(CCC(=O)O)c(C(O)Cc2ccccc2)c1. The van der Waals surface area contributed by atoms with Crippen LogP contribution < -0.4 is 4.74 Å². The molecule has 1 fully saturated rings. The van der Waals surface area contributed by atoms with Gasteiger partial charge in [-0.25, -0.2) is 4.98 Å². The molecule has 1 aliphatic carbocycles. The fraction of sp³-hybridized carbons (Fsp3) is 0.448. The minimum atomic E-state index is -0.857. The zero-order valence-electron chi connectivity index (χ0n) is 20.4. The quantitative estimate of drug-likeness (QED) is 0.355. The van der Waals surface area contributed by atoms with Crippen LogP contribution in [0, 0.1) is 6.92 Å². The number of aromatic nitrogens is 1. The Morgan fingerprint density at radius 2 is 1.89 bits per heavy atom. The highest BCUT2D eigenvalue weighted by Gasteiger charge is 2.22. The second kappa shape index (κ2) is 12.0. The molecule has 0 saturated heterocycles. The van der Waals surface area contributed by atoms with Crippen molar-refractivity contribution in [3.8, 4) is 5.75 Å². The lowest BCUT2D eigenvalue weighted by Crippen LogP contribution is -2.09. The van der Waals surface area contributed by atoms with E-state index in [0.717, 1.165) is 41.3 Å². The Bertz CT molecular complexity index is 1100. The standard InChI is InChI=1S/C29H35NO5/c1-20-26(30-29(35-20)23-10-6-3-7-11-23)16-17-34-24-14-12-22(13-15-28(32)33)25(19-24)27(31)18-21-8-4-2-5-9-21/h2,4-5,8-9,12,14,19,23,27,31H,3,6-7,10-11,13,15-18H2,1H3,(H,32,33). The number of aliphatic hydroxyl groups is 1. The number of carbonyl (C=O) groups is 1. The molecule has 4 rings (SSSR count). The molecule has 1 aromatic heterocycles. The van der Waals surface area contributed by atoms with E-state index in [1.807, 2.05) is 55.5 Å². The van der Waals surface area contributed by atoms with Crippen molar-refractivity contribution in [1.29, 1.82) is 0 Å². The van der Waals surface area contributed by atoms with E-state index in [1.54, 1.807) is 0 Å². The van der Waals surface area contributed by atoms with E-state index >= 15 is 0 Å². The van der Waals surface area contributed by atoms with Crippen LogP contribution in [0.5, 0.6) is 5.75 Å². The van der Waals surface area contributed by atoms with Crippen molar-refractivity contribution >= 4 is 5.97 Å². The molecule has 1 atom stereocenters. The number of oxazole rings is 1. The lowest BCUT2D eigenvalue weighted by atomic mass is 9.89. The molecule has 0 radical (unpaired) electrons. The smallest absolute Gasteiger partial charge is 0.303 e. The number of ether oxygens (including phenoxy) is 1. The number of rotatable bonds is 11. The molecule has 1 saturated carbocycles. The average Bonchev–Trinajstić information content (AvgIpc) is 3.24. The lowest BCUT2D eigenvalue weighted by Gasteiger charge is -2.18. The van der Waals surface area contributed by atoms with Gasteiger partial charge in [0, 0.05) is 25.2 Å². The highest BCUT2D eigenvalue weighted by atomic mass is 16.5. The molecule has 6 heteroatoms. The van der Waals surface area contributed by atoms with Crippen LogP contribution in [-0.2, 0) is 24.1 Å². The Kier molecular flexibility index (Phi) is 8.59. The number of aliphatic hydroxyl groups excluding tert-OH is 1. The van der Waals surface area contributed by atoms with Crippen molar-refractivity contribution in [3.05, 3.63) is 82.6 Å². The van der Waals surface area contributed by atoms with Crippen LogP contribution >= 0.6 is 0 Å². The number of nitrogens with zero attached hydrogens (tertiary/aromatic N) is 1. The number of hydrogen-bond donors (Lipinski definition) is 2. The first-order valence-electron chi connectivity index (χ1n) is 12.6. The maximum absolute atomic E-state index is 11.1. The van der Waals surface area contributed by atoms with E-state index in [4.69, 9.17) is 19.2 Å². The highest BCUT2D eigenvalue weighted by molar-refractivity contribution is 5.67. The van der Waals surface area contributed by atoms with Gasteiger partial charge in [-0.3, -0.25) is 4.79 Å². The molecular formula is C29H35NO5. The molecule has 1 unspecified atom stereocenters. The summed E-state index contributed by atoms with van der Waals surface area (Å²) < 4.78 is 12.0. The fourth-order valence-electron chi connectivity index (χ4n) is 4.86. The van der Waals surface area contributed by atoms with E-state index < -0.39 is 12.1 Å². The largest absolute Gasteiger partial charge is 0.493 e. The first kappa shape index (κ1) is 25.0. The number of aryl methyl sites for hydroxylation is 2. The van der Waals surface area contributed by atoms with E-state index in [-0.39, 0.29) is 6.42 Å². The van der Waals surface area contributed by atoms with Crippen molar-refractivity contribution in [2.24, 2.45) is 0 Å². The molecule has 3 aromatic rings. The predicted octanol–water partition coefficient (Wildman–Crippen LogP) is 5.95. The van der Waals surface area contributed by atoms with Gasteiger partial charge in [0.1, 0.15) is 11.5 Å². The Morgan fingerprint density at radius 3 is 2.63 bits per heavy atom. The maximum atomic E-state index is 11.1. The summed E-state index contributed by atoms with van der Waals surface area (Å²) in [4.78, 5) is 15.9. The zero-order chi connectivity index (χ0) is 24.6. The molecule has 0 bridgehead atoms. The van der Waals surface area contributed by atoms with Crippen LogP contribution in [0.1, 0.15) is 84.6 Å². The third kappa shape index (κ3) is 6.95. The Labute approximate surface area is 207 Å². The summed E-state index contributed by atoms with van der Waals surface area (Å²) >= 11 is 0. The first-order valence-corrected chi connectivity index (χ1v) is 12.6. The summed E-state index contributed by atoms with van der Waals surface area (Å²) in [5, 5.41) is 20.1. The molecule has 1 aliphatic rings. The zero-order valence-corrected chi connectivity index (χ0v) is 20.4. The molecule has 35 heavy (non-hydrogen) atoms. The summed E-state index contributed by atoms with van der Waals surface area (Å²) in [5.74, 6) is 1.96. The third-order valence-corrected chi connectivity index (χ3v) is 6.83. The van der Waals surface area contributed by atoms with E-state index in [0.29, 0.717) is 43.1 Å². The van der Waals surface area contributed by atoms with Crippen molar-refractivity contribution in [1.82, 2.24) is 4.98 Å². The number of carboxylic acids is 1. The minimum absolute atomic E-state index is 0.0139. The van der Waals surface area contributed by atoms with Crippen LogP contribution in [0.25, 0.3) is 0 Å². The minimum Gasteiger partial charge on any atom is -0.493 e. The summed E-state index contributed by atoms with van der Waals surface area (Å²) in [6.45, 7) is 2.41. The van der Waals surface area contributed by atoms with Crippen molar-refractivity contribution in [3.63, 3.8) is 0 Å². The number of hydrogen-bond acceptors (Lipinski definition) is 5. The van der Waals surface area contributed by atoms with Crippen LogP contribution in [0.3, 0.4) is 0 Å². The van der Waals surface area contributed by atoms with Gasteiger partial charge in [0.05, 0.1) is 18.4 Å². The van der Waals surface area contributed by atoms with Crippen LogP contribution in [0.15, 0.2) is 52.9 Å². The molecule has 186 valence electrons. The molecule has 0 aliphatic heterocycles. The summed E-state index contributed by atoms with van der Waals surface area (Å²) in [5.41, 5.74) is 3.50. The summed E-state index contributed by atoms with van der Waals surface area (Å²) in [6.07, 6.45) is 6.80. The Hall–Kier alpha value is -3.12. The normalized spacial score (nSPS) is 15.1. The summed E-state index contributed by atoms with van der Waals surface area (Å²) in [6, 6.07) is 15.3. The van der Waals surface area contributed by atoms with Crippen molar-refractivity contribution in [2.45, 2.75) is 76.7 Å².